The molecule has 0 unspecified atom stereocenters. The van der Waals surface area contributed by atoms with Crippen molar-refractivity contribution in [3.05, 3.63) is 84.2 Å². The number of anilines is 2. The first kappa shape index (κ1) is 24.4. The Balaban J connectivity index is 1.52. The van der Waals surface area contributed by atoms with E-state index in [0.29, 0.717) is 41.7 Å². The summed E-state index contributed by atoms with van der Waals surface area (Å²) in [6.07, 6.45) is 1.65. The molecule has 0 saturated carbocycles. The average molecular weight is 487 g/mol. The third-order valence-electron chi connectivity index (χ3n) is 5.15. The van der Waals surface area contributed by atoms with Crippen molar-refractivity contribution in [3.63, 3.8) is 0 Å². The molecule has 0 aliphatic carbocycles. The number of ether oxygens (including phenoxy) is 2. The monoisotopic (exact) mass is 486 g/mol. The van der Waals surface area contributed by atoms with Gasteiger partial charge in [0.25, 0.3) is 5.91 Å². The summed E-state index contributed by atoms with van der Waals surface area (Å²) < 4.78 is 13.1. The second-order valence-corrected chi connectivity index (χ2v) is 7.68. The summed E-state index contributed by atoms with van der Waals surface area (Å²) in [5, 5.41) is 16.9. The summed E-state index contributed by atoms with van der Waals surface area (Å²) in [6, 6.07) is 19.6. The van der Waals surface area contributed by atoms with E-state index in [1.54, 1.807) is 36.4 Å². The molecule has 4 rings (SSSR count). The van der Waals surface area contributed by atoms with Gasteiger partial charge in [0, 0.05) is 17.7 Å². The molecule has 10 nitrogen and oxygen atoms in total. The number of carbonyl (C=O) groups is 2. The van der Waals surface area contributed by atoms with Crippen molar-refractivity contribution < 1.29 is 19.1 Å². The third-order valence-corrected chi connectivity index (χ3v) is 5.15. The fraction of sp³-hybridized carbons (Fsp3) is 0.192. The lowest BCUT2D eigenvalue weighted by atomic mass is 10.1. The van der Waals surface area contributed by atoms with E-state index in [1.807, 2.05) is 44.2 Å². The molecule has 2 amide bonds. The minimum Gasteiger partial charge on any atom is -0.492 e. The van der Waals surface area contributed by atoms with Crippen molar-refractivity contribution in [2.45, 2.75) is 20.3 Å². The van der Waals surface area contributed by atoms with Gasteiger partial charge < -0.3 is 20.1 Å². The fourth-order valence-corrected chi connectivity index (χ4v) is 3.52. The van der Waals surface area contributed by atoms with Crippen LogP contribution < -0.4 is 20.1 Å². The topological polar surface area (TPSA) is 120 Å². The van der Waals surface area contributed by atoms with Gasteiger partial charge in [-0.25, -0.2) is 4.68 Å². The van der Waals surface area contributed by atoms with E-state index in [0.717, 1.165) is 11.3 Å². The largest absolute Gasteiger partial charge is 0.492 e. The number of hydrogen-bond donors (Lipinski definition) is 2. The van der Waals surface area contributed by atoms with E-state index in [2.05, 4.69) is 26.2 Å². The Morgan fingerprint density at radius 2 is 1.50 bits per heavy atom. The van der Waals surface area contributed by atoms with E-state index in [1.165, 1.54) is 11.0 Å². The highest BCUT2D eigenvalue weighted by Gasteiger charge is 2.17. The van der Waals surface area contributed by atoms with Crippen LogP contribution in [-0.4, -0.2) is 45.2 Å². The van der Waals surface area contributed by atoms with E-state index in [-0.39, 0.29) is 18.2 Å². The van der Waals surface area contributed by atoms with Gasteiger partial charge in [-0.3, -0.25) is 9.59 Å². The summed E-state index contributed by atoms with van der Waals surface area (Å²) >= 11 is 0. The van der Waals surface area contributed by atoms with Crippen LogP contribution >= 0.6 is 0 Å². The molecule has 36 heavy (non-hydrogen) atoms. The van der Waals surface area contributed by atoms with Crippen molar-refractivity contribution in [1.29, 1.82) is 0 Å². The molecule has 2 N–H and O–H groups in total. The van der Waals surface area contributed by atoms with Crippen LogP contribution in [0.25, 0.3) is 5.69 Å². The predicted octanol–water partition coefficient (Wildman–Crippen LogP) is 3.89. The zero-order valence-electron chi connectivity index (χ0n) is 20.0. The molecule has 0 fully saturated rings. The minimum atomic E-state index is -0.277. The third kappa shape index (κ3) is 6.03. The molecule has 4 aromatic rings. The van der Waals surface area contributed by atoms with E-state index >= 15 is 0 Å². The smallest absolute Gasteiger partial charge is 0.255 e. The Bertz CT molecular complexity index is 1310. The molecule has 0 saturated heterocycles. The second kappa shape index (κ2) is 11.6. The van der Waals surface area contributed by atoms with E-state index in [9.17, 15) is 9.59 Å². The minimum absolute atomic E-state index is 0.151. The quantitative estimate of drug-likeness (QED) is 0.349. The zero-order chi connectivity index (χ0) is 25.3. The Kier molecular flexibility index (Phi) is 7.87. The molecular formula is C26H26N6O4. The molecule has 0 aliphatic heterocycles. The highest BCUT2D eigenvalue weighted by molar-refractivity contribution is 6.05. The second-order valence-electron chi connectivity index (χ2n) is 7.68. The molecule has 0 atom stereocenters. The van der Waals surface area contributed by atoms with Gasteiger partial charge in [0.1, 0.15) is 17.8 Å². The summed E-state index contributed by atoms with van der Waals surface area (Å²) in [4.78, 5) is 25.6. The first-order valence-corrected chi connectivity index (χ1v) is 11.5. The van der Waals surface area contributed by atoms with Crippen LogP contribution in [0.1, 0.15) is 29.8 Å². The van der Waals surface area contributed by atoms with Crippen molar-refractivity contribution in [3.8, 4) is 17.2 Å². The highest BCUT2D eigenvalue weighted by atomic mass is 16.5. The summed E-state index contributed by atoms with van der Waals surface area (Å²) in [5.74, 6) is 0.341. The number of hydrogen-bond acceptors (Lipinski definition) is 7. The van der Waals surface area contributed by atoms with Crippen molar-refractivity contribution in [2.75, 3.05) is 23.8 Å². The zero-order valence-corrected chi connectivity index (χ0v) is 20.0. The lowest BCUT2D eigenvalue weighted by molar-refractivity contribution is -0.115. The first-order valence-electron chi connectivity index (χ1n) is 11.5. The van der Waals surface area contributed by atoms with Crippen LogP contribution in [0.5, 0.6) is 11.5 Å². The Hall–Kier alpha value is -4.73. The molecule has 3 aromatic carbocycles. The summed E-state index contributed by atoms with van der Waals surface area (Å²) in [6.45, 7) is 4.44. The summed E-state index contributed by atoms with van der Waals surface area (Å²) in [7, 11) is 0. The average Bonchev–Trinajstić information content (AvgIpc) is 3.43. The number of aromatic nitrogens is 4. The number of benzene rings is 3. The Labute approximate surface area is 208 Å². The van der Waals surface area contributed by atoms with Crippen molar-refractivity contribution in [2.24, 2.45) is 0 Å². The molecule has 0 aliphatic rings. The molecule has 184 valence electrons. The summed E-state index contributed by atoms with van der Waals surface area (Å²) in [5.41, 5.74) is 3.02. The molecule has 0 spiro atoms. The van der Waals surface area contributed by atoms with Crippen LogP contribution in [-0.2, 0) is 11.2 Å². The van der Waals surface area contributed by atoms with Crippen molar-refractivity contribution >= 4 is 23.2 Å². The highest BCUT2D eigenvalue weighted by Crippen LogP contribution is 2.37. The SMILES string of the molecule is CCOc1cc(NC(=O)c2ccccc2)c(OCC)cc1NC(=O)Cc1ccc(-n2cnnn2)cc1. The van der Waals surface area contributed by atoms with E-state index < -0.39 is 0 Å². The van der Waals surface area contributed by atoms with Crippen molar-refractivity contribution in [1.82, 2.24) is 20.2 Å². The van der Waals surface area contributed by atoms with Gasteiger partial charge in [0.15, 0.2) is 0 Å². The normalized spacial score (nSPS) is 10.5. The predicted molar refractivity (Wildman–Crippen MR) is 135 cm³/mol. The van der Waals surface area contributed by atoms with Gasteiger partial charge in [-0.1, -0.05) is 30.3 Å². The molecule has 1 aromatic heterocycles. The molecule has 10 heteroatoms. The van der Waals surface area contributed by atoms with Crippen LogP contribution in [0.3, 0.4) is 0 Å². The van der Waals surface area contributed by atoms with Crippen LogP contribution in [0.2, 0.25) is 0 Å². The van der Waals surface area contributed by atoms with Gasteiger partial charge >= 0.3 is 0 Å². The van der Waals surface area contributed by atoms with Crippen LogP contribution in [0, 0.1) is 0 Å². The number of rotatable bonds is 10. The number of tetrazole rings is 1. The molecular weight excluding hydrogens is 460 g/mol. The number of carbonyl (C=O) groups excluding carboxylic acids is 2. The lowest BCUT2D eigenvalue weighted by Crippen LogP contribution is -2.17. The van der Waals surface area contributed by atoms with Gasteiger partial charge in [-0.2, -0.15) is 0 Å². The van der Waals surface area contributed by atoms with Crippen LogP contribution in [0.4, 0.5) is 11.4 Å². The molecule has 1 heterocycles. The maximum absolute atomic E-state index is 12.9. The Morgan fingerprint density at radius 3 is 2.08 bits per heavy atom. The Morgan fingerprint density at radius 1 is 0.861 bits per heavy atom. The number of nitrogens with zero attached hydrogens (tertiary/aromatic N) is 4. The van der Waals surface area contributed by atoms with Gasteiger partial charge in [-0.15, -0.1) is 5.10 Å². The number of nitrogens with one attached hydrogen (secondary N) is 2. The molecule has 0 radical (unpaired) electrons. The maximum atomic E-state index is 12.9. The van der Waals surface area contributed by atoms with Gasteiger partial charge in [0.05, 0.1) is 36.7 Å². The lowest BCUT2D eigenvalue weighted by Gasteiger charge is -2.18. The van der Waals surface area contributed by atoms with Gasteiger partial charge in [-0.05, 0) is 54.1 Å². The first-order chi connectivity index (χ1) is 17.6. The van der Waals surface area contributed by atoms with E-state index in [4.69, 9.17) is 9.47 Å². The van der Waals surface area contributed by atoms with Crippen LogP contribution in [0.15, 0.2) is 73.1 Å². The standard InChI is InChI=1S/C26H26N6O4/c1-3-35-23-16-22(29-26(34)19-8-6-5-7-9-19)24(36-4-2)15-21(23)28-25(33)14-18-10-12-20(13-11-18)32-17-27-30-31-32/h5-13,15-17H,3-4,14H2,1-2H3,(H,28,33)(H,29,34). The fourth-order valence-electron chi connectivity index (χ4n) is 3.52. The number of amides is 2. The maximum Gasteiger partial charge on any atom is 0.255 e. The van der Waals surface area contributed by atoms with Gasteiger partial charge in [0.2, 0.25) is 5.91 Å². The molecule has 0 bridgehead atoms.